The van der Waals surface area contributed by atoms with Gasteiger partial charge >= 0.3 is 6.03 Å². The molecule has 0 aliphatic carbocycles. The predicted molar refractivity (Wildman–Crippen MR) is 71.2 cm³/mol. The molecule has 0 aromatic heterocycles. The molecule has 0 saturated carbocycles. The first kappa shape index (κ1) is 14.0. The molecule has 1 aromatic rings. The van der Waals surface area contributed by atoms with Gasteiger partial charge < -0.3 is 25.8 Å². The molecule has 2 amide bonds. The van der Waals surface area contributed by atoms with Gasteiger partial charge in [0, 0.05) is 18.2 Å². The van der Waals surface area contributed by atoms with Crippen LogP contribution in [-0.2, 0) is 0 Å². The molecule has 1 rings (SSSR count). The van der Waals surface area contributed by atoms with E-state index in [0.29, 0.717) is 22.9 Å². The Morgan fingerprint density at radius 1 is 1.22 bits per heavy atom. The van der Waals surface area contributed by atoms with Crippen molar-refractivity contribution in [2.75, 3.05) is 25.3 Å². The van der Waals surface area contributed by atoms with E-state index in [4.69, 9.17) is 15.2 Å². The molecule has 1 aromatic carbocycles. The van der Waals surface area contributed by atoms with E-state index in [1.54, 1.807) is 12.1 Å². The van der Waals surface area contributed by atoms with Crippen LogP contribution >= 0.6 is 0 Å². The third-order valence-corrected chi connectivity index (χ3v) is 2.22. The molecule has 0 heterocycles. The molecular formula is C12H19N3O3. The Kier molecular flexibility index (Phi) is 4.65. The van der Waals surface area contributed by atoms with E-state index < -0.39 is 0 Å². The van der Waals surface area contributed by atoms with Crippen LogP contribution in [0.1, 0.15) is 13.8 Å². The summed E-state index contributed by atoms with van der Waals surface area (Å²) in [5, 5.41) is 5.36. The number of carbonyl (C=O) groups is 1. The third-order valence-electron chi connectivity index (χ3n) is 2.22. The van der Waals surface area contributed by atoms with Gasteiger partial charge in [-0.15, -0.1) is 0 Å². The highest BCUT2D eigenvalue weighted by molar-refractivity contribution is 5.93. The molecule has 0 fully saturated rings. The minimum atomic E-state index is -0.316. The molecule has 100 valence electrons. The number of amides is 2. The fraction of sp³-hybridized carbons (Fsp3) is 0.417. The van der Waals surface area contributed by atoms with Gasteiger partial charge in [-0.05, 0) is 13.8 Å². The summed E-state index contributed by atoms with van der Waals surface area (Å²) in [6, 6.07) is 2.95. The lowest BCUT2D eigenvalue weighted by atomic mass is 10.2. The van der Waals surface area contributed by atoms with Crippen LogP contribution in [0.15, 0.2) is 12.1 Å². The molecule has 0 bridgehead atoms. The molecule has 6 nitrogen and oxygen atoms in total. The number of benzene rings is 1. The molecule has 0 aliphatic rings. The van der Waals surface area contributed by atoms with Gasteiger partial charge in [0.15, 0.2) is 11.5 Å². The lowest BCUT2D eigenvalue weighted by Crippen LogP contribution is -2.34. The highest BCUT2D eigenvalue weighted by Crippen LogP contribution is 2.34. The maximum atomic E-state index is 11.6. The Bertz CT molecular complexity index is 433. The number of ether oxygens (including phenoxy) is 2. The highest BCUT2D eigenvalue weighted by atomic mass is 16.5. The number of hydrogen-bond donors (Lipinski definition) is 3. The second kappa shape index (κ2) is 6.00. The third kappa shape index (κ3) is 3.44. The number of anilines is 2. The number of nitrogen functional groups attached to an aromatic ring is 1. The quantitative estimate of drug-likeness (QED) is 0.714. The van der Waals surface area contributed by atoms with Crippen molar-refractivity contribution in [1.82, 2.24) is 5.32 Å². The maximum absolute atomic E-state index is 11.6. The number of nitrogens with two attached hydrogens (primary N) is 1. The first-order chi connectivity index (χ1) is 8.47. The summed E-state index contributed by atoms with van der Waals surface area (Å²) in [5.41, 5.74) is 6.71. The maximum Gasteiger partial charge on any atom is 0.319 e. The molecule has 0 radical (unpaired) electrons. The van der Waals surface area contributed by atoms with Gasteiger partial charge in [0.1, 0.15) is 0 Å². The molecule has 0 spiro atoms. The first-order valence-corrected chi connectivity index (χ1v) is 5.57. The predicted octanol–water partition coefficient (Wildman–Crippen LogP) is 1.82. The normalized spacial score (nSPS) is 10.1. The van der Waals surface area contributed by atoms with Crippen molar-refractivity contribution >= 4 is 17.4 Å². The van der Waals surface area contributed by atoms with Crippen LogP contribution in [0.4, 0.5) is 16.2 Å². The average molecular weight is 253 g/mol. The van der Waals surface area contributed by atoms with Crippen LogP contribution in [-0.4, -0.2) is 26.3 Å². The van der Waals surface area contributed by atoms with Crippen molar-refractivity contribution in [3.8, 4) is 11.5 Å². The fourth-order valence-electron chi connectivity index (χ4n) is 1.42. The van der Waals surface area contributed by atoms with Crippen LogP contribution in [0, 0.1) is 0 Å². The number of methoxy groups -OCH3 is 2. The smallest absolute Gasteiger partial charge is 0.319 e. The lowest BCUT2D eigenvalue weighted by molar-refractivity contribution is 0.250. The molecule has 0 saturated heterocycles. The number of hydrogen-bond acceptors (Lipinski definition) is 4. The molecule has 6 heteroatoms. The number of rotatable bonds is 4. The van der Waals surface area contributed by atoms with Crippen molar-refractivity contribution in [1.29, 1.82) is 0 Å². The van der Waals surface area contributed by atoms with E-state index in [2.05, 4.69) is 10.6 Å². The van der Waals surface area contributed by atoms with Gasteiger partial charge in [-0.1, -0.05) is 0 Å². The van der Waals surface area contributed by atoms with E-state index in [1.807, 2.05) is 13.8 Å². The Morgan fingerprint density at radius 3 is 2.28 bits per heavy atom. The van der Waals surface area contributed by atoms with Crippen LogP contribution in [0.3, 0.4) is 0 Å². The summed E-state index contributed by atoms with van der Waals surface area (Å²) in [5.74, 6) is 1.02. The van der Waals surface area contributed by atoms with Crippen molar-refractivity contribution in [3.05, 3.63) is 12.1 Å². The summed E-state index contributed by atoms with van der Waals surface area (Å²) < 4.78 is 10.3. The van der Waals surface area contributed by atoms with E-state index in [1.165, 1.54) is 14.2 Å². The zero-order valence-corrected chi connectivity index (χ0v) is 11.0. The molecule has 0 aliphatic heterocycles. The van der Waals surface area contributed by atoms with E-state index >= 15 is 0 Å². The molecule has 0 atom stereocenters. The number of urea groups is 1. The number of nitrogens with one attached hydrogen (secondary N) is 2. The zero-order valence-electron chi connectivity index (χ0n) is 11.0. The summed E-state index contributed by atoms with van der Waals surface area (Å²) in [4.78, 5) is 11.6. The standard InChI is InChI=1S/C12H19N3O3/c1-7(2)14-12(16)15-9-6-11(18-4)10(17-3)5-8(9)13/h5-7H,13H2,1-4H3,(H2,14,15,16). The Labute approximate surface area is 106 Å². The Hall–Kier alpha value is -2.11. The van der Waals surface area contributed by atoms with Gasteiger partial charge in [0.25, 0.3) is 0 Å². The van der Waals surface area contributed by atoms with E-state index in [0.717, 1.165) is 0 Å². The second-order valence-electron chi connectivity index (χ2n) is 4.05. The highest BCUT2D eigenvalue weighted by Gasteiger charge is 2.11. The van der Waals surface area contributed by atoms with Crippen molar-refractivity contribution < 1.29 is 14.3 Å². The number of carbonyl (C=O) groups excluding carboxylic acids is 1. The lowest BCUT2D eigenvalue weighted by Gasteiger charge is -2.14. The topological polar surface area (TPSA) is 85.6 Å². The average Bonchev–Trinajstić information content (AvgIpc) is 2.30. The molecule has 18 heavy (non-hydrogen) atoms. The Morgan fingerprint density at radius 2 is 1.78 bits per heavy atom. The molecule has 4 N–H and O–H groups in total. The largest absolute Gasteiger partial charge is 0.493 e. The van der Waals surface area contributed by atoms with Gasteiger partial charge in [-0.2, -0.15) is 0 Å². The summed E-state index contributed by atoms with van der Waals surface area (Å²) in [6.45, 7) is 3.75. The first-order valence-electron chi connectivity index (χ1n) is 5.57. The fourth-order valence-corrected chi connectivity index (χ4v) is 1.42. The van der Waals surface area contributed by atoms with Gasteiger partial charge in [-0.3, -0.25) is 0 Å². The summed E-state index contributed by atoms with van der Waals surface area (Å²) >= 11 is 0. The van der Waals surface area contributed by atoms with Crippen LogP contribution in [0.2, 0.25) is 0 Å². The van der Waals surface area contributed by atoms with Crippen molar-refractivity contribution in [2.45, 2.75) is 19.9 Å². The van der Waals surface area contributed by atoms with Crippen LogP contribution in [0.25, 0.3) is 0 Å². The van der Waals surface area contributed by atoms with Crippen molar-refractivity contribution in [3.63, 3.8) is 0 Å². The van der Waals surface area contributed by atoms with E-state index in [-0.39, 0.29) is 12.1 Å². The summed E-state index contributed by atoms with van der Waals surface area (Å²) in [6.07, 6.45) is 0. The van der Waals surface area contributed by atoms with Gasteiger partial charge in [0.2, 0.25) is 0 Å². The van der Waals surface area contributed by atoms with Crippen LogP contribution in [0.5, 0.6) is 11.5 Å². The molecule has 0 unspecified atom stereocenters. The molecular weight excluding hydrogens is 234 g/mol. The van der Waals surface area contributed by atoms with Gasteiger partial charge in [0.05, 0.1) is 25.6 Å². The second-order valence-corrected chi connectivity index (χ2v) is 4.05. The zero-order chi connectivity index (χ0) is 13.7. The SMILES string of the molecule is COc1cc(N)c(NC(=O)NC(C)C)cc1OC. The van der Waals surface area contributed by atoms with E-state index in [9.17, 15) is 4.79 Å². The summed E-state index contributed by atoms with van der Waals surface area (Å²) in [7, 11) is 3.04. The minimum absolute atomic E-state index is 0.0476. The van der Waals surface area contributed by atoms with Gasteiger partial charge in [-0.25, -0.2) is 4.79 Å². The monoisotopic (exact) mass is 253 g/mol. The van der Waals surface area contributed by atoms with Crippen LogP contribution < -0.4 is 25.8 Å². The van der Waals surface area contributed by atoms with Crippen molar-refractivity contribution in [2.24, 2.45) is 0 Å². The Balaban J connectivity index is 2.92. The minimum Gasteiger partial charge on any atom is -0.493 e.